The lowest BCUT2D eigenvalue weighted by Gasteiger charge is -2.32. The SMILES string of the molecule is CC[C@H](C)NC(=O)[C@H](C)N(Cc1ccccc1)C(=O)CN(c1cccc(Cl)c1)S(=O)(=O)c1ccc(Cl)cc1. The van der Waals surface area contributed by atoms with Crippen molar-refractivity contribution >= 4 is 50.7 Å². The molecule has 3 aromatic rings. The summed E-state index contributed by atoms with van der Waals surface area (Å²) in [6, 6.07) is 20.2. The van der Waals surface area contributed by atoms with E-state index in [9.17, 15) is 18.0 Å². The van der Waals surface area contributed by atoms with Crippen LogP contribution >= 0.6 is 23.2 Å². The van der Waals surface area contributed by atoms with Gasteiger partial charge in [-0.3, -0.25) is 13.9 Å². The summed E-state index contributed by atoms with van der Waals surface area (Å²) in [4.78, 5) is 28.2. The Morgan fingerprint density at radius 1 is 0.895 bits per heavy atom. The Morgan fingerprint density at radius 2 is 1.55 bits per heavy atom. The van der Waals surface area contributed by atoms with E-state index in [2.05, 4.69) is 5.32 Å². The lowest BCUT2D eigenvalue weighted by molar-refractivity contribution is -0.139. The molecule has 0 saturated heterocycles. The molecule has 0 bridgehead atoms. The van der Waals surface area contributed by atoms with Crippen LogP contribution in [0, 0.1) is 0 Å². The highest BCUT2D eigenvalue weighted by molar-refractivity contribution is 7.92. The predicted molar refractivity (Wildman–Crippen MR) is 152 cm³/mol. The van der Waals surface area contributed by atoms with Gasteiger partial charge in [0.1, 0.15) is 12.6 Å². The Kier molecular flexibility index (Phi) is 10.2. The molecular formula is C28H31Cl2N3O4S. The third kappa shape index (κ3) is 7.49. The van der Waals surface area contributed by atoms with E-state index < -0.39 is 28.5 Å². The van der Waals surface area contributed by atoms with E-state index in [1.54, 1.807) is 25.1 Å². The molecular weight excluding hydrogens is 545 g/mol. The molecule has 1 N–H and O–H groups in total. The number of anilines is 1. The molecule has 10 heteroatoms. The number of benzene rings is 3. The van der Waals surface area contributed by atoms with Crippen molar-refractivity contribution in [3.05, 3.63) is 94.5 Å². The summed E-state index contributed by atoms with van der Waals surface area (Å²) in [5, 5.41) is 3.60. The number of halogens is 2. The molecule has 3 aromatic carbocycles. The number of rotatable bonds is 11. The number of hydrogen-bond acceptors (Lipinski definition) is 4. The van der Waals surface area contributed by atoms with Gasteiger partial charge in [-0.05, 0) is 68.3 Å². The van der Waals surface area contributed by atoms with E-state index in [-0.39, 0.29) is 29.1 Å². The second-order valence-electron chi connectivity index (χ2n) is 8.95. The van der Waals surface area contributed by atoms with Gasteiger partial charge in [0.2, 0.25) is 11.8 Å². The van der Waals surface area contributed by atoms with Gasteiger partial charge in [0.25, 0.3) is 10.0 Å². The highest BCUT2D eigenvalue weighted by Crippen LogP contribution is 2.27. The van der Waals surface area contributed by atoms with Crippen molar-refractivity contribution < 1.29 is 18.0 Å². The summed E-state index contributed by atoms with van der Waals surface area (Å²) in [5.41, 5.74) is 1.02. The molecule has 0 unspecified atom stereocenters. The molecule has 38 heavy (non-hydrogen) atoms. The second kappa shape index (κ2) is 13.1. The van der Waals surface area contributed by atoms with Crippen LogP contribution in [0.4, 0.5) is 5.69 Å². The highest BCUT2D eigenvalue weighted by atomic mass is 35.5. The maximum atomic E-state index is 13.8. The average Bonchev–Trinajstić information content (AvgIpc) is 2.90. The van der Waals surface area contributed by atoms with Crippen LogP contribution in [0.1, 0.15) is 32.8 Å². The molecule has 7 nitrogen and oxygen atoms in total. The predicted octanol–water partition coefficient (Wildman–Crippen LogP) is 5.52. The minimum Gasteiger partial charge on any atom is -0.352 e. The van der Waals surface area contributed by atoms with E-state index in [4.69, 9.17) is 23.2 Å². The zero-order chi connectivity index (χ0) is 27.9. The molecule has 2 atom stereocenters. The highest BCUT2D eigenvalue weighted by Gasteiger charge is 2.32. The first kappa shape index (κ1) is 29.5. The van der Waals surface area contributed by atoms with Crippen LogP contribution < -0.4 is 9.62 Å². The topological polar surface area (TPSA) is 86.8 Å². The smallest absolute Gasteiger partial charge is 0.264 e. The first-order valence-electron chi connectivity index (χ1n) is 12.2. The molecule has 202 valence electrons. The minimum atomic E-state index is -4.19. The summed E-state index contributed by atoms with van der Waals surface area (Å²) in [6.45, 7) is 5.05. The first-order valence-corrected chi connectivity index (χ1v) is 14.4. The second-order valence-corrected chi connectivity index (χ2v) is 11.7. The monoisotopic (exact) mass is 575 g/mol. The number of nitrogens with one attached hydrogen (secondary N) is 1. The Bertz CT molecular complexity index is 1350. The third-order valence-corrected chi connectivity index (χ3v) is 8.42. The van der Waals surface area contributed by atoms with Crippen LogP contribution in [0.5, 0.6) is 0 Å². The Balaban J connectivity index is 2.01. The quantitative estimate of drug-likeness (QED) is 0.326. The maximum absolute atomic E-state index is 13.8. The van der Waals surface area contributed by atoms with Gasteiger partial charge in [0.15, 0.2) is 0 Å². The fraction of sp³-hybridized carbons (Fsp3) is 0.286. The molecule has 0 aliphatic heterocycles. The van der Waals surface area contributed by atoms with Crippen molar-refractivity contribution in [3.8, 4) is 0 Å². The number of hydrogen-bond donors (Lipinski definition) is 1. The van der Waals surface area contributed by atoms with Crippen molar-refractivity contribution in [1.29, 1.82) is 0 Å². The van der Waals surface area contributed by atoms with E-state index in [0.717, 1.165) is 16.3 Å². The summed E-state index contributed by atoms with van der Waals surface area (Å²) in [7, 11) is -4.19. The third-order valence-electron chi connectivity index (χ3n) is 6.14. The van der Waals surface area contributed by atoms with E-state index >= 15 is 0 Å². The molecule has 0 aromatic heterocycles. The van der Waals surface area contributed by atoms with E-state index in [0.29, 0.717) is 10.0 Å². The largest absolute Gasteiger partial charge is 0.352 e. The summed E-state index contributed by atoms with van der Waals surface area (Å²) in [5.74, 6) is -0.864. The van der Waals surface area contributed by atoms with Gasteiger partial charge < -0.3 is 10.2 Å². The van der Waals surface area contributed by atoms with Crippen LogP contribution in [-0.2, 0) is 26.2 Å². The van der Waals surface area contributed by atoms with Gasteiger partial charge in [-0.2, -0.15) is 0 Å². The van der Waals surface area contributed by atoms with Crippen molar-refractivity contribution in [2.75, 3.05) is 10.8 Å². The first-order chi connectivity index (χ1) is 18.0. The van der Waals surface area contributed by atoms with Crippen molar-refractivity contribution in [2.24, 2.45) is 0 Å². The standard InChI is InChI=1S/C28H31Cl2N3O4S/c1-4-20(2)31-28(35)21(3)32(18-22-9-6-5-7-10-22)27(34)19-33(25-12-8-11-24(30)17-25)38(36,37)26-15-13-23(29)14-16-26/h5-17,20-21H,4,18-19H2,1-3H3,(H,31,35)/t20-,21-/m0/s1. The summed E-state index contributed by atoms with van der Waals surface area (Å²) < 4.78 is 28.5. The fourth-order valence-corrected chi connectivity index (χ4v) is 5.44. The summed E-state index contributed by atoms with van der Waals surface area (Å²) in [6.07, 6.45) is 0.729. The molecule has 0 fully saturated rings. The maximum Gasteiger partial charge on any atom is 0.264 e. The van der Waals surface area contributed by atoms with Crippen molar-refractivity contribution in [3.63, 3.8) is 0 Å². The van der Waals surface area contributed by atoms with Crippen LogP contribution in [0.3, 0.4) is 0 Å². The Morgan fingerprint density at radius 3 is 2.16 bits per heavy atom. The lowest BCUT2D eigenvalue weighted by atomic mass is 10.1. The van der Waals surface area contributed by atoms with Crippen molar-refractivity contribution in [2.45, 2.75) is 50.7 Å². The van der Waals surface area contributed by atoms with E-state index in [1.807, 2.05) is 44.2 Å². The number of amides is 2. The molecule has 0 spiro atoms. The van der Waals surface area contributed by atoms with Gasteiger partial charge in [-0.25, -0.2) is 8.42 Å². The Hall–Kier alpha value is -3.07. The van der Waals surface area contributed by atoms with Crippen LogP contribution in [-0.4, -0.2) is 43.8 Å². The number of carbonyl (C=O) groups excluding carboxylic acids is 2. The normalized spacial score (nSPS) is 12.9. The number of sulfonamides is 1. The fourth-order valence-electron chi connectivity index (χ4n) is 3.72. The van der Waals surface area contributed by atoms with Crippen LogP contribution in [0.15, 0.2) is 83.8 Å². The number of nitrogens with zero attached hydrogens (tertiary/aromatic N) is 2. The van der Waals surface area contributed by atoms with Crippen LogP contribution in [0.25, 0.3) is 0 Å². The average molecular weight is 577 g/mol. The number of carbonyl (C=O) groups is 2. The lowest BCUT2D eigenvalue weighted by Crippen LogP contribution is -2.52. The minimum absolute atomic E-state index is 0.0353. The van der Waals surface area contributed by atoms with Gasteiger partial charge in [0, 0.05) is 22.6 Å². The Labute approximate surface area is 234 Å². The van der Waals surface area contributed by atoms with E-state index in [1.165, 1.54) is 35.2 Å². The molecule has 3 rings (SSSR count). The van der Waals surface area contributed by atoms with Gasteiger partial charge in [-0.1, -0.05) is 66.5 Å². The van der Waals surface area contributed by atoms with Crippen molar-refractivity contribution in [1.82, 2.24) is 10.2 Å². The van der Waals surface area contributed by atoms with Crippen LogP contribution in [0.2, 0.25) is 10.0 Å². The molecule has 0 heterocycles. The zero-order valence-corrected chi connectivity index (χ0v) is 23.8. The molecule has 0 saturated carbocycles. The van der Waals surface area contributed by atoms with Gasteiger partial charge in [-0.15, -0.1) is 0 Å². The molecule has 0 radical (unpaired) electrons. The molecule has 2 amide bonds. The van der Waals surface area contributed by atoms with Gasteiger partial charge in [0.05, 0.1) is 10.6 Å². The summed E-state index contributed by atoms with van der Waals surface area (Å²) >= 11 is 12.1. The molecule has 0 aliphatic rings. The zero-order valence-electron chi connectivity index (χ0n) is 21.5. The van der Waals surface area contributed by atoms with Gasteiger partial charge >= 0.3 is 0 Å². The molecule has 0 aliphatic carbocycles.